The van der Waals surface area contributed by atoms with Crippen LogP contribution in [0.15, 0.2) is 24.5 Å². The molecule has 0 radical (unpaired) electrons. The molecule has 1 atom stereocenters. The maximum Gasteiger partial charge on any atom is 0.219 e. The minimum absolute atomic E-state index is 0.0303. The third-order valence-electron chi connectivity index (χ3n) is 3.38. The Bertz CT molecular complexity index is 506. The number of rotatable bonds is 2. The fourth-order valence-corrected chi connectivity index (χ4v) is 3.93. The van der Waals surface area contributed by atoms with E-state index in [1.54, 1.807) is 37.5 Å². The second-order valence-corrected chi connectivity index (χ2v) is 8.31. The molecule has 0 aliphatic carbocycles. The van der Waals surface area contributed by atoms with Crippen molar-refractivity contribution in [2.75, 3.05) is 6.54 Å². The quantitative estimate of drug-likeness (QED) is 0.827. The summed E-state index contributed by atoms with van der Waals surface area (Å²) < 4.78 is 26.0. The van der Waals surface area contributed by atoms with Gasteiger partial charge in [-0.3, -0.25) is 4.98 Å². The third-order valence-corrected chi connectivity index (χ3v) is 5.98. The van der Waals surface area contributed by atoms with E-state index in [4.69, 9.17) is 0 Å². The summed E-state index contributed by atoms with van der Waals surface area (Å²) in [6.07, 6.45) is 5.24. The van der Waals surface area contributed by atoms with E-state index in [9.17, 15) is 8.42 Å². The minimum Gasteiger partial charge on any atom is -0.265 e. The molecule has 2 rings (SSSR count). The average Bonchev–Trinajstić information content (AvgIpc) is 2.78. The first-order chi connectivity index (χ1) is 8.34. The summed E-state index contributed by atoms with van der Waals surface area (Å²) in [6.45, 7) is 5.88. The van der Waals surface area contributed by atoms with E-state index in [-0.39, 0.29) is 6.04 Å². The second kappa shape index (κ2) is 4.63. The SMILES string of the molecule is CC(C)(C)S(=O)(=O)N1CCCC1c1ccncc1. The van der Waals surface area contributed by atoms with Crippen molar-refractivity contribution in [2.45, 2.75) is 44.4 Å². The van der Waals surface area contributed by atoms with Crippen LogP contribution in [0, 0.1) is 0 Å². The molecule has 0 N–H and O–H groups in total. The lowest BCUT2D eigenvalue weighted by Crippen LogP contribution is -2.42. The molecule has 0 spiro atoms. The minimum atomic E-state index is -3.26. The highest BCUT2D eigenvalue weighted by atomic mass is 32.2. The highest BCUT2D eigenvalue weighted by Crippen LogP contribution is 2.37. The van der Waals surface area contributed by atoms with Gasteiger partial charge >= 0.3 is 0 Å². The van der Waals surface area contributed by atoms with Gasteiger partial charge in [0.2, 0.25) is 10.0 Å². The third kappa shape index (κ3) is 2.29. The maximum atomic E-state index is 12.5. The van der Waals surface area contributed by atoms with Gasteiger partial charge in [0, 0.05) is 25.0 Å². The number of aromatic nitrogens is 1. The van der Waals surface area contributed by atoms with Crippen molar-refractivity contribution in [1.82, 2.24) is 9.29 Å². The maximum absolute atomic E-state index is 12.5. The van der Waals surface area contributed by atoms with Crippen LogP contribution in [0.5, 0.6) is 0 Å². The van der Waals surface area contributed by atoms with E-state index in [2.05, 4.69) is 4.98 Å². The van der Waals surface area contributed by atoms with Crippen molar-refractivity contribution < 1.29 is 8.42 Å². The van der Waals surface area contributed by atoms with Crippen molar-refractivity contribution in [3.8, 4) is 0 Å². The summed E-state index contributed by atoms with van der Waals surface area (Å²) >= 11 is 0. The summed E-state index contributed by atoms with van der Waals surface area (Å²) in [5, 5.41) is 0. The van der Waals surface area contributed by atoms with E-state index < -0.39 is 14.8 Å². The van der Waals surface area contributed by atoms with Gasteiger partial charge in [-0.15, -0.1) is 0 Å². The van der Waals surface area contributed by atoms with Crippen LogP contribution in [0.3, 0.4) is 0 Å². The van der Waals surface area contributed by atoms with Crippen molar-refractivity contribution in [2.24, 2.45) is 0 Å². The molecule has 0 amide bonds. The molecule has 18 heavy (non-hydrogen) atoms. The van der Waals surface area contributed by atoms with E-state index in [1.165, 1.54) is 0 Å². The predicted octanol–water partition coefficient (Wildman–Crippen LogP) is 2.35. The van der Waals surface area contributed by atoms with Gasteiger partial charge in [0.05, 0.1) is 4.75 Å². The van der Waals surface area contributed by atoms with E-state index >= 15 is 0 Å². The highest BCUT2D eigenvalue weighted by molar-refractivity contribution is 7.90. The van der Waals surface area contributed by atoms with E-state index in [0.717, 1.165) is 18.4 Å². The van der Waals surface area contributed by atoms with Crippen LogP contribution < -0.4 is 0 Å². The lowest BCUT2D eigenvalue weighted by atomic mass is 10.1. The zero-order valence-electron chi connectivity index (χ0n) is 11.1. The Labute approximate surface area is 109 Å². The van der Waals surface area contributed by atoms with E-state index in [0.29, 0.717) is 6.54 Å². The zero-order valence-corrected chi connectivity index (χ0v) is 11.9. The molecule has 1 unspecified atom stereocenters. The molecule has 1 aromatic rings. The van der Waals surface area contributed by atoms with Gasteiger partial charge in [-0.2, -0.15) is 4.31 Å². The van der Waals surface area contributed by atoms with Crippen LogP contribution in [-0.4, -0.2) is 29.0 Å². The Morgan fingerprint density at radius 3 is 2.44 bits per heavy atom. The first-order valence-electron chi connectivity index (χ1n) is 6.25. The van der Waals surface area contributed by atoms with Gasteiger partial charge in [0.15, 0.2) is 0 Å². The predicted molar refractivity (Wildman–Crippen MR) is 71.6 cm³/mol. The van der Waals surface area contributed by atoms with Crippen LogP contribution in [0.1, 0.15) is 45.2 Å². The zero-order chi connectivity index (χ0) is 13.4. The molecular weight excluding hydrogens is 248 g/mol. The number of hydrogen-bond donors (Lipinski definition) is 0. The van der Waals surface area contributed by atoms with Crippen LogP contribution >= 0.6 is 0 Å². The van der Waals surface area contributed by atoms with Crippen LogP contribution in [0.2, 0.25) is 0 Å². The molecular formula is C13H20N2O2S. The summed E-state index contributed by atoms with van der Waals surface area (Å²) in [5.74, 6) is 0. The summed E-state index contributed by atoms with van der Waals surface area (Å²) in [5.41, 5.74) is 1.04. The lowest BCUT2D eigenvalue weighted by molar-refractivity contribution is 0.381. The number of nitrogens with zero attached hydrogens (tertiary/aromatic N) is 2. The van der Waals surface area contributed by atoms with Gasteiger partial charge < -0.3 is 0 Å². The van der Waals surface area contributed by atoms with Crippen LogP contribution in [-0.2, 0) is 10.0 Å². The fraction of sp³-hybridized carbons (Fsp3) is 0.615. The lowest BCUT2D eigenvalue weighted by Gasteiger charge is -2.31. The second-order valence-electron chi connectivity index (χ2n) is 5.67. The number of sulfonamides is 1. The Balaban J connectivity index is 2.35. The molecule has 2 heterocycles. The largest absolute Gasteiger partial charge is 0.265 e. The summed E-state index contributed by atoms with van der Waals surface area (Å²) in [7, 11) is -3.26. The van der Waals surface area contributed by atoms with Crippen molar-refractivity contribution in [3.05, 3.63) is 30.1 Å². The molecule has 5 heteroatoms. The first kappa shape index (κ1) is 13.5. The van der Waals surface area contributed by atoms with Crippen molar-refractivity contribution in [3.63, 3.8) is 0 Å². The average molecular weight is 268 g/mol. The molecule has 0 bridgehead atoms. The van der Waals surface area contributed by atoms with Crippen molar-refractivity contribution >= 4 is 10.0 Å². The van der Waals surface area contributed by atoms with Crippen LogP contribution in [0.25, 0.3) is 0 Å². The Morgan fingerprint density at radius 1 is 1.28 bits per heavy atom. The molecule has 0 saturated carbocycles. The Morgan fingerprint density at radius 2 is 1.89 bits per heavy atom. The number of pyridine rings is 1. The molecule has 1 aliphatic heterocycles. The molecule has 0 aromatic carbocycles. The molecule has 4 nitrogen and oxygen atoms in total. The Hall–Kier alpha value is -0.940. The smallest absolute Gasteiger partial charge is 0.219 e. The molecule has 1 aromatic heterocycles. The summed E-state index contributed by atoms with van der Waals surface area (Å²) in [4.78, 5) is 3.98. The number of hydrogen-bond acceptors (Lipinski definition) is 3. The normalized spacial score (nSPS) is 22.3. The van der Waals surface area contributed by atoms with Gasteiger partial charge in [0.1, 0.15) is 0 Å². The fourth-order valence-electron chi connectivity index (χ4n) is 2.30. The molecule has 1 fully saturated rings. The molecule has 1 saturated heterocycles. The van der Waals surface area contributed by atoms with Crippen molar-refractivity contribution in [1.29, 1.82) is 0 Å². The van der Waals surface area contributed by atoms with E-state index in [1.807, 2.05) is 12.1 Å². The highest BCUT2D eigenvalue weighted by Gasteiger charge is 2.41. The summed E-state index contributed by atoms with van der Waals surface area (Å²) in [6, 6.07) is 3.78. The van der Waals surface area contributed by atoms with Gasteiger partial charge in [-0.05, 0) is 51.3 Å². The molecule has 100 valence electrons. The first-order valence-corrected chi connectivity index (χ1v) is 7.69. The van der Waals surface area contributed by atoms with Gasteiger partial charge in [-0.25, -0.2) is 8.42 Å². The molecule has 1 aliphatic rings. The van der Waals surface area contributed by atoms with Gasteiger partial charge in [-0.1, -0.05) is 0 Å². The van der Waals surface area contributed by atoms with Crippen LogP contribution in [0.4, 0.5) is 0 Å². The van der Waals surface area contributed by atoms with Gasteiger partial charge in [0.25, 0.3) is 0 Å². The monoisotopic (exact) mass is 268 g/mol. The Kier molecular flexibility index (Phi) is 3.47. The topological polar surface area (TPSA) is 50.3 Å². The standard InChI is InChI=1S/C13H20N2O2S/c1-13(2,3)18(16,17)15-10-4-5-12(15)11-6-8-14-9-7-11/h6-9,12H,4-5,10H2,1-3H3.